The SMILES string of the molecule is CC1c2cc3c4c(C[n+]5ccc(C#N)cc5)c2OCOc2c1cc1c(c2C[n+]2ccc(C#N)cc2)OCOc2c(cc5c(c2C[n+]2ccc(C#N)cc2)OCOc2c(cc(c(c2C[n+]2ccc(C#N)cc2)OCO4)C3C)C5C)C1C.[Br-].[Br-].[Br-].[Br-]. The second-order valence-electron chi connectivity index (χ2n) is 20.8. The second-order valence-corrected chi connectivity index (χ2v) is 20.8. The van der Waals surface area contributed by atoms with Gasteiger partial charge >= 0.3 is 0 Å². The molecule has 1 aliphatic carbocycles. The van der Waals surface area contributed by atoms with Crippen LogP contribution in [-0.2, 0) is 26.2 Å². The number of nitriles is 4. The molecular weight excluding hydrogens is 1330 g/mol. The molecule has 0 radical (unpaired) electrons. The molecule has 0 spiro atoms. The van der Waals surface area contributed by atoms with Crippen LogP contribution in [0, 0.1) is 45.3 Å². The van der Waals surface area contributed by atoms with Crippen molar-refractivity contribution in [2.24, 2.45) is 0 Å². The van der Waals surface area contributed by atoms with E-state index in [4.69, 9.17) is 37.9 Å². The van der Waals surface area contributed by atoms with Crippen molar-refractivity contribution in [1.82, 2.24) is 0 Å². The van der Waals surface area contributed by atoms with E-state index in [0.29, 0.717) is 94.4 Å². The number of halogens is 4. The average molecular weight is 1380 g/mol. The van der Waals surface area contributed by atoms with E-state index in [9.17, 15) is 21.0 Å². The smallest absolute Gasteiger partial charge is 0.230 e. The second kappa shape index (κ2) is 24.9. The first-order valence-corrected chi connectivity index (χ1v) is 26.5. The minimum atomic E-state index is -0.352. The van der Waals surface area contributed by atoms with Gasteiger partial charge in [0.15, 0.2) is 75.8 Å². The molecule has 424 valence electrons. The lowest BCUT2D eigenvalue weighted by Gasteiger charge is -2.35. The van der Waals surface area contributed by atoms with Crippen molar-refractivity contribution >= 4 is 0 Å². The maximum atomic E-state index is 9.77. The Bertz CT molecular complexity index is 3400. The van der Waals surface area contributed by atoms with Crippen LogP contribution < -0.4 is 124 Å². The van der Waals surface area contributed by atoms with Crippen LogP contribution in [-0.4, -0.2) is 27.2 Å². The zero-order chi connectivity index (χ0) is 54.8. The first-order valence-electron chi connectivity index (χ1n) is 26.5. The van der Waals surface area contributed by atoms with Crippen molar-refractivity contribution in [1.29, 1.82) is 21.0 Å². The fourth-order valence-electron chi connectivity index (χ4n) is 12.1. The van der Waals surface area contributed by atoms with Gasteiger partial charge in [0, 0.05) is 117 Å². The van der Waals surface area contributed by atoms with Crippen LogP contribution in [0.1, 0.15) is 140 Å². The Morgan fingerprint density at radius 3 is 0.607 bits per heavy atom. The number of aromatic nitrogens is 4. The molecule has 4 aromatic heterocycles. The van der Waals surface area contributed by atoms with E-state index in [2.05, 4.69) is 76.2 Å². The highest BCUT2D eigenvalue weighted by Gasteiger charge is 2.41. The maximum absolute atomic E-state index is 9.77. The van der Waals surface area contributed by atoms with E-state index in [1.807, 2.05) is 67.8 Å². The zero-order valence-electron chi connectivity index (χ0n) is 45.9. The predicted molar refractivity (Wildman–Crippen MR) is 282 cm³/mol. The summed E-state index contributed by atoms with van der Waals surface area (Å²) >= 11 is 0. The normalized spacial score (nSPS) is 16.7. The van der Waals surface area contributed by atoms with Crippen molar-refractivity contribution < 1.29 is 124 Å². The molecule has 0 N–H and O–H groups in total. The highest BCUT2D eigenvalue weighted by atomic mass is 79.9. The quantitative estimate of drug-likeness (QED) is 0.136. The average Bonchev–Trinajstić information content (AvgIpc) is 2.04. The lowest BCUT2D eigenvalue weighted by molar-refractivity contribution is -0.688. The predicted octanol–water partition coefficient (Wildman–Crippen LogP) is -3.63. The molecule has 16 nitrogen and oxygen atoms in total. The maximum Gasteiger partial charge on any atom is 0.230 e. The lowest BCUT2D eigenvalue weighted by atomic mass is 9.78. The summed E-state index contributed by atoms with van der Waals surface area (Å²) in [5.41, 5.74) is 12.6. The number of ether oxygens (including phenoxy) is 8. The number of benzene rings is 4. The Morgan fingerprint density at radius 2 is 0.464 bits per heavy atom. The highest BCUT2D eigenvalue weighted by Crippen LogP contribution is 2.56. The van der Waals surface area contributed by atoms with Crippen molar-refractivity contribution in [2.45, 2.75) is 77.5 Å². The monoisotopic (exact) mass is 1380 g/mol. The van der Waals surface area contributed by atoms with Crippen LogP contribution >= 0.6 is 0 Å². The molecule has 8 aromatic rings. The van der Waals surface area contributed by atoms with E-state index >= 15 is 0 Å². The number of rotatable bonds is 8. The molecule has 0 saturated heterocycles. The summed E-state index contributed by atoms with van der Waals surface area (Å²) in [7, 11) is 0. The van der Waals surface area contributed by atoms with Gasteiger partial charge in [-0.15, -0.1) is 0 Å². The molecule has 4 aromatic carbocycles. The Labute approximate surface area is 527 Å². The summed E-state index contributed by atoms with van der Waals surface area (Å²) in [6.07, 6.45) is 15.1. The molecule has 4 aliphatic heterocycles. The molecule has 0 atom stereocenters. The van der Waals surface area contributed by atoms with Crippen LogP contribution in [0.2, 0.25) is 0 Å². The van der Waals surface area contributed by atoms with Crippen molar-refractivity contribution in [3.8, 4) is 70.3 Å². The fraction of sp³-hybridized carbons (Fsp3) is 0.250. The Hall–Kier alpha value is -8.24. The van der Waals surface area contributed by atoms with Crippen molar-refractivity contribution in [2.75, 3.05) is 27.2 Å². The van der Waals surface area contributed by atoms with Crippen LogP contribution in [0.25, 0.3) is 0 Å². The van der Waals surface area contributed by atoms with Crippen LogP contribution in [0.15, 0.2) is 122 Å². The van der Waals surface area contributed by atoms with Crippen LogP contribution in [0.4, 0.5) is 0 Å². The van der Waals surface area contributed by atoms with Gasteiger partial charge in [0.1, 0.15) is 68.2 Å². The third-order valence-corrected chi connectivity index (χ3v) is 16.3. The largest absolute Gasteiger partial charge is 1.00 e. The van der Waals surface area contributed by atoms with Gasteiger partial charge in [0.2, 0.25) is 27.2 Å². The zero-order valence-corrected chi connectivity index (χ0v) is 52.2. The van der Waals surface area contributed by atoms with E-state index in [0.717, 1.165) is 66.8 Å². The number of pyridine rings is 4. The summed E-state index contributed by atoms with van der Waals surface area (Å²) in [4.78, 5) is 0. The van der Waals surface area contributed by atoms with Crippen LogP contribution in [0.3, 0.4) is 0 Å². The third kappa shape index (κ3) is 10.6. The molecule has 8 heterocycles. The molecule has 0 unspecified atom stereocenters. The number of hydrogen-bond acceptors (Lipinski definition) is 12. The van der Waals surface area contributed by atoms with Gasteiger partial charge in [-0.25, -0.2) is 18.3 Å². The Balaban J connectivity index is 0.00000212. The van der Waals surface area contributed by atoms with Gasteiger partial charge in [-0.3, -0.25) is 0 Å². The molecule has 13 rings (SSSR count). The number of nitrogens with zero attached hydrogens (tertiary/aromatic N) is 8. The molecule has 84 heavy (non-hydrogen) atoms. The fourth-order valence-corrected chi connectivity index (χ4v) is 12.1. The molecule has 5 aliphatic rings. The molecule has 8 bridgehead atoms. The molecule has 0 saturated carbocycles. The molecule has 0 amide bonds. The third-order valence-electron chi connectivity index (χ3n) is 16.3. The van der Waals surface area contributed by atoms with E-state index in [-0.39, 0.29) is 119 Å². The van der Waals surface area contributed by atoms with E-state index in [1.54, 1.807) is 48.5 Å². The highest BCUT2D eigenvalue weighted by molar-refractivity contribution is 5.69. The first-order chi connectivity index (χ1) is 39.1. The van der Waals surface area contributed by atoms with Crippen molar-refractivity contribution in [3.05, 3.63) is 211 Å². The Kier molecular flexibility index (Phi) is 17.9. The van der Waals surface area contributed by atoms with Gasteiger partial charge in [-0.05, 0) is 24.3 Å². The summed E-state index contributed by atoms with van der Waals surface area (Å²) in [5, 5.41) is 39.1. The minimum absolute atomic E-state index is 0. The molecule has 20 heteroatoms. The first kappa shape index (κ1) is 60.4. The van der Waals surface area contributed by atoms with Crippen molar-refractivity contribution in [3.63, 3.8) is 0 Å². The summed E-state index contributed by atoms with van der Waals surface area (Å²) < 4.78 is 63.4. The summed E-state index contributed by atoms with van der Waals surface area (Å²) in [6.45, 7) is 9.39. The lowest BCUT2D eigenvalue weighted by Crippen LogP contribution is -3.00. The van der Waals surface area contributed by atoms with E-state index in [1.165, 1.54) is 0 Å². The minimum Gasteiger partial charge on any atom is -1.00 e. The topological polar surface area (TPSA) is 185 Å². The summed E-state index contributed by atoms with van der Waals surface area (Å²) in [6, 6.07) is 32.2. The number of hydrogen-bond donors (Lipinski definition) is 0. The molecule has 0 fully saturated rings. The van der Waals surface area contributed by atoms with E-state index < -0.39 is 0 Å². The van der Waals surface area contributed by atoms with Gasteiger partial charge in [0.25, 0.3) is 0 Å². The van der Waals surface area contributed by atoms with Gasteiger partial charge in [0.05, 0.1) is 46.5 Å². The van der Waals surface area contributed by atoms with Crippen LogP contribution in [0.5, 0.6) is 46.0 Å². The van der Waals surface area contributed by atoms with Gasteiger partial charge < -0.3 is 106 Å². The Morgan fingerprint density at radius 1 is 0.310 bits per heavy atom. The van der Waals surface area contributed by atoms with Gasteiger partial charge in [-0.1, -0.05) is 27.7 Å². The summed E-state index contributed by atoms with van der Waals surface area (Å²) in [5.74, 6) is 3.52. The van der Waals surface area contributed by atoms with Gasteiger partial charge in [-0.2, -0.15) is 21.0 Å². The standard InChI is InChI=1S/C64H52N8O8.4BrH/c1-37-45-21-47-38(2)49-23-51-40(4)52-24-50-39(3)48-22-46(37)58-54(30-70-15-7-42(26-66)8-16-70)60(48)76-35-78-62(50)56(32-72-19-11-44(28-68)12-20-72)64(52)80-36-79-63(51)55(31-71-17-9-43(27-67)10-18-71)61(49)77-34-75-59(47)53(57(45)73-33-74-58)29-69-13-5-41(25-65)6-14-69;;;;/h5-24,37-40H,29-36H2,1-4H3;4*1H/q+4;;;;/p-4. The molecular formula is C64H52Br4N8O8.